The molecule has 1 saturated heterocycles. The van der Waals surface area contributed by atoms with E-state index in [0.717, 1.165) is 47.2 Å². The molecule has 1 fully saturated rings. The van der Waals surface area contributed by atoms with Gasteiger partial charge in [-0.2, -0.15) is 0 Å². The lowest BCUT2D eigenvalue weighted by Gasteiger charge is -2.27. The Hall–Kier alpha value is -3.24. The van der Waals surface area contributed by atoms with Crippen LogP contribution in [0.1, 0.15) is 31.7 Å². The van der Waals surface area contributed by atoms with Crippen LogP contribution < -0.4 is 4.74 Å². The molecule has 1 amide bonds. The van der Waals surface area contributed by atoms with Crippen LogP contribution in [0.3, 0.4) is 0 Å². The Morgan fingerprint density at radius 1 is 1.11 bits per heavy atom. The normalized spacial score (nSPS) is 15.1. The first-order valence-electron chi connectivity index (χ1n) is 11.4. The van der Waals surface area contributed by atoms with Gasteiger partial charge in [0, 0.05) is 9.86 Å². The molecular formula is C25H28BrN5O4. The van der Waals surface area contributed by atoms with E-state index in [0.29, 0.717) is 17.8 Å². The number of amides is 1. The zero-order valence-electron chi connectivity index (χ0n) is 19.8. The number of piperidine rings is 1. The Bertz CT molecular complexity index is 1250. The summed E-state index contributed by atoms with van der Waals surface area (Å²) in [5.41, 5.74) is 2.54. The summed E-state index contributed by atoms with van der Waals surface area (Å²) in [4.78, 5) is 19.7. The van der Waals surface area contributed by atoms with Gasteiger partial charge in [-0.15, -0.1) is 10.2 Å². The van der Waals surface area contributed by atoms with Crippen LogP contribution in [0.4, 0.5) is 5.69 Å². The molecule has 1 aliphatic heterocycles. The summed E-state index contributed by atoms with van der Waals surface area (Å²) in [5, 5.41) is 23.5. The number of azo groups is 1. The largest absolute Gasteiger partial charge is 0.497 e. The second-order valence-corrected chi connectivity index (χ2v) is 9.27. The highest BCUT2D eigenvalue weighted by atomic mass is 79.9. The van der Waals surface area contributed by atoms with Crippen molar-refractivity contribution in [3.05, 3.63) is 52.5 Å². The first-order chi connectivity index (χ1) is 17.0. The molecule has 0 radical (unpaired) electrons. The number of carbonyl (C=O) groups excluding carboxylic acids is 1. The average molecular weight is 542 g/mol. The van der Waals surface area contributed by atoms with E-state index in [1.807, 2.05) is 47.0 Å². The van der Waals surface area contributed by atoms with Crippen LogP contribution in [0.15, 0.2) is 62.3 Å². The van der Waals surface area contributed by atoms with Crippen LogP contribution in [0.5, 0.6) is 11.6 Å². The number of carbonyl (C=O) groups is 1. The van der Waals surface area contributed by atoms with Gasteiger partial charge >= 0.3 is 5.91 Å². The first kappa shape index (κ1) is 24.9. The van der Waals surface area contributed by atoms with E-state index in [4.69, 9.17) is 9.57 Å². The second-order valence-electron chi connectivity index (χ2n) is 8.35. The summed E-state index contributed by atoms with van der Waals surface area (Å²) in [6, 6.07) is 13.0. The van der Waals surface area contributed by atoms with Gasteiger partial charge in [0.25, 0.3) is 0 Å². The highest BCUT2D eigenvalue weighted by Crippen LogP contribution is 2.40. The molecule has 1 N–H and O–H groups in total. The van der Waals surface area contributed by atoms with E-state index in [2.05, 4.69) is 36.2 Å². The molecule has 1 aliphatic rings. The van der Waals surface area contributed by atoms with Gasteiger partial charge in [-0.1, -0.05) is 27.5 Å². The molecule has 4 rings (SSSR count). The minimum Gasteiger partial charge on any atom is -0.497 e. The second kappa shape index (κ2) is 11.5. The van der Waals surface area contributed by atoms with Crippen molar-refractivity contribution in [2.24, 2.45) is 15.4 Å². The third kappa shape index (κ3) is 6.07. The highest BCUT2D eigenvalue weighted by Gasteiger charge is 2.20. The van der Waals surface area contributed by atoms with E-state index < -0.39 is 5.91 Å². The summed E-state index contributed by atoms with van der Waals surface area (Å²) in [7, 11) is 1.60. The van der Waals surface area contributed by atoms with Gasteiger partial charge in [-0.25, -0.2) is 0 Å². The maximum atomic E-state index is 12.3. The van der Waals surface area contributed by atoms with Gasteiger partial charge in [-0.05, 0) is 80.9 Å². The van der Waals surface area contributed by atoms with Gasteiger partial charge in [0.15, 0.2) is 12.3 Å². The van der Waals surface area contributed by atoms with Crippen LogP contribution >= 0.6 is 15.9 Å². The summed E-state index contributed by atoms with van der Waals surface area (Å²) < 4.78 is 7.80. The van der Waals surface area contributed by atoms with Crippen LogP contribution in [0.25, 0.3) is 10.9 Å². The number of aromatic hydroxyl groups is 1. The summed E-state index contributed by atoms with van der Waals surface area (Å²) in [6.07, 6.45) is 3.52. The fraction of sp³-hybridized carbons (Fsp3) is 0.360. The molecule has 0 atom stereocenters. The fourth-order valence-corrected chi connectivity index (χ4v) is 4.40. The van der Waals surface area contributed by atoms with Gasteiger partial charge in [0.2, 0.25) is 5.88 Å². The van der Waals surface area contributed by atoms with Crippen molar-refractivity contribution in [2.45, 2.75) is 32.9 Å². The number of methoxy groups -OCH3 is 1. The number of aromatic nitrogens is 1. The van der Waals surface area contributed by atoms with Gasteiger partial charge in [0.05, 0.1) is 25.0 Å². The number of hydrogen-bond donors (Lipinski definition) is 1. The average Bonchev–Trinajstić information content (AvgIpc) is 3.13. The number of fused-ring (bicyclic) bond motifs is 1. The van der Waals surface area contributed by atoms with Crippen LogP contribution in [0, 0.1) is 0 Å². The lowest BCUT2D eigenvalue weighted by atomic mass is 10.1. The molecule has 1 aromatic heterocycles. The Morgan fingerprint density at radius 3 is 2.57 bits per heavy atom. The first-order valence-corrected chi connectivity index (χ1v) is 12.2. The van der Waals surface area contributed by atoms with E-state index in [1.54, 1.807) is 14.0 Å². The molecule has 10 heteroatoms. The Labute approximate surface area is 212 Å². The summed E-state index contributed by atoms with van der Waals surface area (Å²) >= 11 is 3.47. The van der Waals surface area contributed by atoms with Crippen molar-refractivity contribution < 1.29 is 19.5 Å². The molecule has 184 valence electrons. The Morgan fingerprint density at radius 2 is 1.86 bits per heavy atom. The number of likely N-dealkylation sites (tertiary alicyclic amines) is 1. The molecule has 0 aliphatic carbocycles. The van der Waals surface area contributed by atoms with Crippen molar-refractivity contribution in [1.29, 1.82) is 0 Å². The van der Waals surface area contributed by atoms with Gasteiger partial charge < -0.3 is 14.7 Å². The standard InChI is InChI=1S/C25H28BrN5O4/c1-17(18-6-9-20(34-2)10-7-18)29-35-15-23(32)27-28-24-21-14-19(26)8-11-22(21)31(25(24)33)16-30-12-4-3-5-13-30/h6-11,14,33H,3-5,12-13,15-16H2,1-2H3/b28-27?,29-17-. The number of benzene rings is 2. The van der Waals surface area contributed by atoms with Crippen molar-refractivity contribution in [1.82, 2.24) is 9.47 Å². The van der Waals surface area contributed by atoms with E-state index in [1.165, 1.54) is 6.42 Å². The van der Waals surface area contributed by atoms with Crippen molar-refractivity contribution in [3.8, 4) is 11.6 Å². The summed E-state index contributed by atoms with van der Waals surface area (Å²) in [5.74, 6) is 0.114. The van der Waals surface area contributed by atoms with Crippen molar-refractivity contribution in [2.75, 3.05) is 26.8 Å². The number of ether oxygens (including phenoxy) is 1. The number of rotatable bonds is 8. The molecule has 0 unspecified atom stereocenters. The molecule has 2 heterocycles. The number of halogens is 1. The zero-order chi connectivity index (χ0) is 24.8. The predicted molar refractivity (Wildman–Crippen MR) is 137 cm³/mol. The molecule has 35 heavy (non-hydrogen) atoms. The highest BCUT2D eigenvalue weighted by molar-refractivity contribution is 9.10. The van der Waals surface area contributed by atoms with Gasteiger partial charge in [0.1, 0.15) is 5.75 Å². The molecular weight excluding hydrogens is 514 g/mol. The molecule has 9 nitrogen and oxygen atoms in total. The predicted octanol–water partition coefficient (Wildman–Crippen LogP) is 5.61. The van der Waals surface area contributed by atoms with Gasteiger partial charge in [-0.3, -0.25) is 14.3 Å². The lowest BCUT2D eigenvalue weighted by molar-refractivity contribution is -0.122. The quantitative estimate of drug-likeness (QED) is 0.227. The van der Waals surface area contributed by atoms with Crippen molar-refractivity contribution in [3.63, 3.8) is 0 Å². The molecule has 0 spiro atoms. The molecule has 0 saturated carbocycles. The molecule has 3 aromatic rings. The third-order valence-corrected chi connectivity index (χ3v) is 6.41. The topological polar surface area (TPSA) is 101 Å². The Balaban J connectivity index is 1.46. The van der Waals surface area contributed by atoms with Crippen LogP contribution in [-0.4, -0.2) is 53.0 Å². The number of oxime groups is 1. The lowest BCUT2D eigenvalue weighted by Crippen LogP contribution is -2.31. The van der Waals surface area contributed by atoms with E-state index in [-0.39, 0.29) is 18.2 Å². The monoisotopic (exact) mass is 541 g/mol. The van der Waals surface area contributed by atoms with Crippen LogP contribution in [-0.2, 0) is 16.3 Å². The molecule has 0 bridgehead atoms. The van der Waals surface area contributed by atoms with Crippen molar-refractivity contribution >= 4 is 44.1 Å². The van der Waals surface area contributed by atoms with Crippen LogP contribution in [0.2, 0.25) is 0 Å². The number of nitrogens with zero attached hydrogens (tertiary/aromatic N) is 5. The fourth-order valence-electron chi connectivity index (χ4n) is 4.04. The zero-order valence-corrected chi connectivity index (χ0v) is 21.4. The maximum absolute atomic E-state index is 12.3. The number of hydrogen-bond acceptors (Lipinski definition) is 7. The van der Waals surface area contributed by atoms with E-state index >= 15 is 0 Å². The van der Waals surface area contributed by atoms with E-state index in [9.17, 15) is 9.90 Å². The maximum Gasteiger partial charge on any atom is 0.304 e. The molecule has 2 aromatic carbocycles. The Kier molecular flexibility index (Phi) is 8.14. The SMILES string of the molecule is COc1ccc(/C(C)=N\OCC(=O)N=Nc2c(O)n(CN3CCCCC3)c3ccc(Br)cc23)cc1. The third-order valence-electron chi connectivity index (χ3n) is 5.92. The minimum absolute atomic E-state index is 0.0190. The summed E-state index contributed by atoms with van der Waals surface area (Å²) in [6.45, 7) is 3.93. The smallest absolute Gasteiger partial charge is 0.304 e. The minimum atomic E-state index is -0.609.